The summed E-state index contributed by atoms with van der Waals surface area (Å²) in [7, 11) is 0. The molecular formula is C8H11NO5. The summed E-state index contributed by atoms with van der Waals surface area (Å²) in [4.78, 5) is 35.5. The smallest absolute Gasteiger partial charge is 0.375 e. The SMILES string of the molecule is CCO/C=C(\C(=O)CC)C(=O)ON=O. The highest BCUT2D eigenvalue weighted by Gasteiger charge is 2.19. The van der Waals surface area contributed by atoms with Crippen LogP contribution in [-0.4, -0.2) is 18.4 Å². The maximum Gasteiger partial charge on any atom is 0.375 e. The number of nitrogens with zero attached hydrogens (tertiary/aromatic N) is 1. The van der Waals surface area contributed by atoms with Crippen LogP contribution in [0.5, 0.6) is 0 Å². The largest absolute Gasteiger partial charge is 0.500 e. The lowest BCUT2D eigenvalue weighted by Crippen LogP contribution is -2.13. The summed E-state index contributed by atoms with van der Waals surface area (Å²) in [6, 6.07) is 0. The van der Waals surface area contributed by atoms with Crippen molar-refractivity contribution in [1.29, 1.82) is 0 Å². The van der Waals surface area contributed by atoms with Crippen molar-refractivity contribution in [2.24, 2.45) is 5.34 Å². The first-order valence-electron chi connectivity index (χ1n) is 4.06. The monoisotopic (exact) mass is 201 g/mol. The maximum atomic E-state index is 11.1. The molecule has 0 N–H and O–H groups in total. The summed E-state index contributed by atoms with van der Waals surface area (Å²) < 4.78 is 4.76. The van der Waals surface area contributed by atoms with Gasteiger partial charge in [-0.05, 0) is 6.92 Å². The normalized spacial score (nSPS) is 10.6. The first-order valence-corrected chi connectivity index (χ1v) is 4.06. The van der Waals surface area contributed by atoms with Gasteiger partial charge >= 0.3 is 5.97 Å². The first-order chi connectivity index (χ1) is 6.67. The average molecular weight is 201 g/mol. The summed E-state index contributed by atoms with van der Waals surface area (Å²) in [6.45, 7) is 3.57. The van der Waals surface area contributed by atoms with E-state index >= 15 is 0 Å². The number of carbonyl (C=O) groups is 2. The lowest BCUT2D eigenvalue weighted by Gasteiger charge is -2.00. The number of ketones is 1. The Morgan fingerprint density at radius 1 is 1.36 bits per heavy atom. The number of hydrogen-bond donors (Lipinski definition) is 0. The molecule has 0 amide bonds. The Balaban J connectivity index is 4.62. The Kier molecular flexibility index (Phi) is 5.93. The quantitative estimate of drug-likeness (QED) is 0.160. The molecule has 0 saturated carbocycles. The highest BCUT2D eigenvalue weighted by molar-refractivity contribution is 6.16. The number of hydrogen-bond acceptors (Lipinski definition) is 6. The number of Topliss-reactive ketones (excluding diaryl/α,β-unsaturated/α-hetero) is 1. The maximum absolute atomic E-state index is 11.1. The van der Waals surface area contributed by atoms with Gasteiger partial charge in [0.1, 0.15) is 11.8 Å². The molecular weight excluding hydrogens is 190 g/mol. The second-order valence-electron chi connectivity index (χ2n) is 2.22. The fourth-order valence-corrected chi connectivity index (χ4v) is 0.668. The van der Waals surface area contributed by atoms with Crippen molar-refractivity contribution in [3.8, 4) is 0 Å². The molecule has 0 rings (SSSR count). The van der Waals surface area contributed by atoms with E-state index in [0.29, 0.717) is 6.61 Å². The molecule has 0 aromatic carbocycles. The third-order valence-electron chi connectivity index (χ3n) is 1.33. The van der Waals surface area contributed by atoms with Crippen LogP contribution in [0.25, 0.3) is 0 Å². The highest BCUT2D eigenvalue weighted by atomic mass is 16.7. The number of ether oxygens (including phenoxy) is 1. The van der Waals surface area contributed by atoms with E-state index in [9.17, 15) is 14.5 Å². The molecule has 0 spiro atoms. The van der Waals surface area contributed by atoms with Crippen LogP contribution in [0.2, 0.25) is 0 Å². The van der Waals surface area contributed by atoms with Crippen molar-refractivity contribution < 1.29 is 19.2 Å². The van der Waals surface area contributed by atoms with Crippen LogP contribution in [-0.2, 0) is 19.2 Å². The average Bonchev–Trinajstić information content (AvgIpc) is 2.18. The molecule has 0 heterocycles. The molecule has 0 aliphatic carbocycles. The van der Waals surface area contributed by atoms with Gasteiger partial charge in [-0.3, -0.25) is 9.63 Å². The Morgan fingerprint density at radius 2 is 2.00 bits per heavy atom. The summed E-state index contributed by atoms with van der Waals surface area (Å²) in [6.07, 6.45) is 1.09. The van der Waals surface area contributed by atoms with Gasteiger partial charge < -0.3 is 4.74 Å². The Hall–Kier alpha value is -1.72. The minimum atomic E-state index is -1.10. The molecule has 0 bridgehead atoms. The van der Waals surface area contributed by atoms with Crippen LogP contribution in [0, 0.1) is 4.91 Å². The zero-order valence-electron chi connectivity index (χ0n) is 7.98. The van der Waals surface area contributed by atoms with Gasteiger partial charge in [-0.2, -0.15) is 0 Å². The van der Waals surface area contributed by atoms with Crippen molar-refractivity contribution >= 4 is 11.8 Å². The van der Waals surface area contributed by atoms with Crippen molar-refractivity contribution in [3.63, 3.8) is 0 Å². The molecule has 0 saturated heterocycles. The molecule has 0 unspecified atom stereocenters. The Labute approximate surface area is 80.8 Å². The molecule has 78 valence electrons. The van der Waals surface area contributed by atoms with Gasteiger partial charge in [-0.25, -0.2) is 4.79 Å². The summed E-state index contributed by atoms with van der Waals surface area (Å²) >= 11 is 0. The van der Waals surface area contributed by atoms with Gasteiger partial charge in [0.05, 0.1) is 6.61 Å². The molecule has 0 aromatic rings. The molecule has 0 aromatic heterocycles. The van der Waals surface area contributed by atoms with Gasteiger partial charge in [0, 0.05) is 6.42 Å². The lowest BCUT2D eigenvalue weighted by molar-refractivity contribution is -0.141. The third-order valence-corrected chi connectivity index (χ3v) is 1.33. The van der Waals surface area contributed by atoms with Crippen LogP contribution < -0.4 is 0 Å². The summed E-state index contributed by atoms with van der Waals surface area (Å²) in [5, 5.41) is 1.93. The van der Waals surface area contributed by atoms with Crippen LogP contribution >= 0.6 is 0 Å². The van der Waals surface area contributed by atoms with Crippen molar-refractivity contribution in [2.45, 2.75) is 20.3 Å². The van der Waals surface area contributed by atoms with Crippen molar-refractivity contribution in [2.75, 3.05) is 6.61 Å². The molecule has 0 radical (unpaired) electrons. The van der Waals surface area contributed by atoms with Crippen molar-refractivity contribution in [3.05, 3.63) is 16.7 Å². The van der Waals surface area contributed by atoms with Crippen molar-refractivity contribution in [1.82, 2.24) is 0 Å². The predicted molar refractivity (Wildman–Crippen MR) is 46.9 cm³/mol. The minimum Gasteiger partial charge on any atom is -0.500 e. The second-order valence-corrected chi connectivity index (χ2v) is 2.22. The van der Waals surface area contributed by atoms with Gasteiger partial charge in [-0.1, -0.05) is 6.92 Å². The predicted octanol–water partition coefficient (Wildman–Crippen LogP) is 1.11. The van der Waals surface area contributed by atoms with E-state index in [1.165, 1.54) is 0 Å². The third kappa shape index (κ3) is 3.79. The van der Waals surface area contributed by atoms with E-state index in [-0.39, 0.29) is 12.0 Å². The molecule has 0 atom stereocenters. The van der Waals surface area contributed by atoms with E-state index < -0.39 is 11.8 Å². The Bertz CT molecular complexity index is 258. The van der Waals surface area contributed by atoms with Crippen LogP contribution in [0.3, 0.4) is 0 Å². The lowest BCUT2D eigenvalue weighted by atomic mass is 10.1. The zero-order chi connectivity index (χ0) is 11.0. The Morgan fingerprint density at radius 3 is 2.43 bits per heavy atom. The number of rotatable bonds is 6. The second kappa shape index (κ2) is 6.76. The van der Waals surface area contributed by atoms with Crippen LogP contribution in [0.4, 0.5) is 0 Å². The van der Waals surface area contributed by atoms with E-state index in [2.05, 4.69) is 4.84 Å². The fourth-order valence-electron chi connectivity index (χ4n) is 0.668. The first kappa shape index (κ1) is 12.3. The highest BCUT2D eigenvalue weighted by Crippen LogP contribution is 2.04. The van der Waals surface area contributed by atoms with E-state index in [1.807, 2.05) is 5.34 Å². The molecule has 0 aliphatic rings. The van der Waals surface area contributed by atoms with E-state index in [4.69, 9.17) is 4.74 Å². The van der Waals surface area contributed by atoms with Gasteiger partial charge in [-0.15, -0.1) is 4.91 Å². The summed E-state index contributed by atoms with van der Waals surface area (Å²) in [5.41, 5.74) is -0.311. The van der Waals surface area contributed by atoms with Gasteiger partial charge in [0.25, 0.3) is 0 Å². The van der Waals surface area contributed by atoms with Crippen LogP contribution in [0.15, 0.2) is 17.2 Å². The van der Waals surface area contributed by atoms with E-state index in [1.54, 1.807) is 13.8 Å². The zero-order valence-corrected chi connectivity index (χ0v) is 7.98. The summed E-state index contributed by atoms with van der Waals surface area (Å²) in [5.74, 6) is -1.56. The molecule has 0 aliphatic heterocycles. The van der Waals surface area contributed by atoms with Crippen LogP contribution in [0.1, 0.15) is 20.3 Å². The molecule has 14 heavy (non-hydrogen) atoms. The fraction of sp³-hybridized carbons (Fsp3) is 0.500. The standard InChI is InChI=1S/C8H11NO5/c1-3-7(10)6(5-13-4-2)8(11)14-9-12/h5H,3-4H2,1-2H3/b6-5+. The van der Waals surface area contributed by atoms with Gasteiger partial charge in [0.15, 0.2) is 11.1 Å². The molecule has 6 heteroatoms. The van der Waals surface area contributed by atoms with E-state index in [0.717, 1.165) is 6.26 Å². The van der Waals surface area contributed by atoms with Gasteiger partial charge in [0.2, 0.25) is 0 Å². The molecule has 6 nitrogen and oxygen atoms in total. The minimum absolute atomic E-state index is 0.118. The number of carbonyl (C=O) groups excluding carboxylic acids is 2. The topological polar surface area (TPSA) is 82.0 Å². The molecule has 0 fully saturated rings.